The average molecular weight is 244 g/mol. The second-order valence-corrected chi connectivity index (χ2v) is 4.66. The van der Waals surface area contributed by atoms with Crippen molar-refractivity contribution < 1.29 is 0 Å². The maximum absolute atomic E-state index is 2.23. The minimum atomic E-state index is 0.968. The molecule has 19 heavy (non-hydrogen) atoms. The van der Waals surface area contributed by atoms with Gasteiger partial charge in [0.1, 0.15) is 0 Å². The minimum Gasteiger partial charge on any atom is -0.0795 e. The fourth-order valence-electron chi connectivity index (χ4n) is 2.36. The molecule has 0 aliphatic carbocycles. The van der Waals surface area contributed by atoms with Crippen molar-refractivity contribution in [2.75, 3.05) is 0 Å². The Balaban J connectivity index is 1.84. The van der Waals surface area contributed by atoms with Crippen LogP contribution in [0.1, 0.15) is 11.1 Å². The van der Waals surface area contributed by atoms with Gasteiger partial charge in [-0.15, -0.1) is 0 Å². The molecule has 0 saturated heterocycles. The Labute approximate surface area is 114 Å². The van der Waals surface area contributed by atoms with E-state index in [1.165, 1.54) is 21.9 Å². The van der Waals surface area contributed by atoms with E-state index < -0.39 is 0 Å². The smallest absolute Gasteiger partial charge is 0.00880 e. The molecule has 0 aliphatic heterocycles. The van der Waals surface area contributed by atoms with Crippen molar-refractivity contribution in [2.45, 2.75) is 6.42 Å². The van der Waals surface area contributed by atoms with E-state index in [1.807, 2.05) is 6.07 Å². The summed E-state index contributed by atoms with van der Waals surface area (Å²) >= 11 is 0. The molecule has 3 aromatic rings. The van der Waals surface area contributed by atoms with E-state index in [2.05, 4.69) is 78.9 Å². The Morgan fingerprint density at radius 3 is 2.32 bits per heavy atom. The Bertz CT molecular complexity index is 688. The number of fused-ring (bicyclic) bond motifs is 1. The molecule has 0 heteroatoms. The van der Waals surface area contributed by atoms with Crippen molar-refractivity contribution in [3.05, 3.63) is 90.0 Å². The number of hydrogen-bond acceptors (Lipinski definition) is 0. The molecule has 0 aliphatic rings. The average Bonchev–Trinajstić information content (AvgIpc) is 2.49. The van der Waals surface area contributed by atoms with Crippen molar-refractivity contribution in [3.63, 3.8) is 0 Å². The number of benzene rings is 3. The second-order valence-electron chi connectivity index (χ2n) is 4.66. The second kappa shape index (κ2) is 5.53. The summed E-state index contributed by atoms with van der Waals surface area (Å²) < 4.78 is 0. The Morgan fingerprint density at radius 1 is 0.684 bits per heavy atom. The highest BCUT2D eigenvalue weighted by Gasteiger charge is 1.97. The Morgan fingerprint density at radius 2 is 1.42 bits per heavy atom. The van der Waals surface area contributed by atoms with E-state index in [1.54, 1.807) is 0 Å². The van der Waals surface area contributed by atoms with E-state index >= 15 is 0 Å². The molecule has 0 N–H and O–H groups in total. The molecule has 0 atom stereocenters. The maximum atomic E-state index is 2.23. The van der Waals surface area contributed by atoms with Crippen LogP contribution < -0.4 is 0 Å². The molecule has 0 amide bonds. The highest BCUT2D eigenvalue weighted by atomic mass is 14.0. The van der Waals surface area contributed by atoms with Crippen molar-refractivity contribution in [1.82, 2.24) is 0 Å². The molecule has 0 spiro atoms. The zero-order valence-electron chi connectivity index (χ0n) is 10.8. The maximum Gasteiger partial charge on any atom is -0.00880 e. The summed E-state index contributed by atoms with van der Waals surface area (Å²) in [6.07, 6.45) is 5.38. The van der Waals surface area contributed by atoms with Gasteiger partial charge in [0.15, 0.2) is 0 Å². The van der Waals surface area contributed by atoms with E-state index in [0.717, 1.165) is 6.42 Å². The van der Waals surface area contributed by atoms with Crippen molar-refractivity contribution >= 4 is 16.8 Å². The van der Waals surface area contributed by atoms with Gasteiger partial charge < -0.3 is 0 Å². The third-order valence-electron chi connectivity index (χ3n) is 3.33. The minimum absolute atomic E-state index is 0.968. The van der Waals surface area contributed by atoms with Gasteiger partial charge in [0, 0.05) is 0 Å². The molecule has 0 radical (unpaired) electrons. The van der Waals surface area contributed by atoms with Crippen molar-refractivity contribution in [3.8, 4) is 0 Å². The summed E-state index contributed by atoms with van der Waals surface area (Å²) in [5.74, 6) is 0. The summed E-state index contributed by atoms with van der Waals surface area (Å²) in [6.45, 7) is 0. The van der Waals surface area contributed by atoms with Gasteiger partial charge >= 0.3 is 0 Å². The van der Waals surface area contributed by atoms with Crippen LogP contribution in [0.4, 0.5) is 0 Å². The summed E-state index contributed by atoms with van der Waals surface area (Å²) in [5, 5.41) is 2.66. The van der Waals surface area contributed by atoms with Crippen LogP contribution in [-0.2, 0) is 6.42 Å². The van der Waals surface area contributed by atoms with Crippen LogP contribution in [0.3, 0.4) is 0 Å². The first-order chi connectivity index (χ1) is 9.43. The SMILES string of the molecule is C(=C\c1ccccc1)/Cc1cccc2ccccc12. The first-order valence-electron chi connectivity index (χ1n) is 6.62. The molecule has 3 rings (SSSR count). The number of rotatable bonds is 3. The predicted molar refractivity (Wildman–Crippen MR) is 83.1 cm³/mol. The normalized spacial score (nSPS) is 11.2. The van der Waals surface area contributed by atoms with Gasteiger partial charge in [-0.1, -0.05) is 84.9 Å². The summed E-state index contributed by atoms with van der Waals surface area (Å²) in [4.78, 5) is 0. The standard InChI is InChI=1S/C19H16/c1-2-8-16(9-3-1)10-6-12-18-14-7-13-17-11-4-5-15-19(17)18/h1-11,13-15H,12H2/b10-6+. The van der Waals surface area contributed by atoms with Crippen molar-refractivity contribution in [1.29, 1.82) is 0 Å². The Hall–Kier alpha value is -2.34. The van der Waals surface area contributed by atoms with E-state index in [9.17, 15) is 0 Å². The lowest BCUT2D eigenvalue weighted by molar-refractivity contribution is 1.31. The lowest BCUT2D eigenvalue weighted by Gasteiger charge is -2.03. The van der Waals surface area contributed by atoms with Crippen LogP contribution >= 0.6 is 0 Å². The van der Waals surface area contributed by atoms with Crippen LogP contribution in [-0.4, -0.2) is 0 Å². The molecule has 0 saturated carbocycles. The van der Waals surface area contributed by atoms with Gasteiger partial charge in [-0.05, 0) is 28.3 Å². The third kappa shape index (κ3) is 2.74. The highest BCUT2D eigenvalue weighted by molar-refractivity contribution is 5.85. The van der Waals surface area contributed by atoms with Gasteiger partial charge in [-0.3, -0.25) is 0 Å². The van der Waals surface area contributed by atoms with Crippen LogP contribution in [0.25, 0.3) is 16.8 Å². The van der Waals surface area contributed by atoms with Gasteiger partial charge in [0.2, 0.25) is 0 Å². The molecule has 0 fully saturated rings. The van der Waals surface area contributed by atoms with E-state index in [-0.39, 0.29) is 0 Å². The lowest BCUT2D eigenvalue weighted by atomic mass is 10.0. The Kier molecular flexibility index (Phi) is 3.42. The monoisotopic (exact) mass is 244 g/mol. The first kappa shape index (κ1) is 11.7. The molecule has 0 nitrogen and oxygen atoms in total. The van der Waals surface area contributed by atoms with Gasteiger partial charge in [-0.25, -0.2) is 0 Å². The quantitative estimate of drug-likeness (QED) is 0.601. The molecular formula is C19H16. The molecule has 3 aromatic carbocycles. The van der Waals surface area contributed by atoms with Crippen LogP contribution in [0.2, 0.25) is 0 Å². The van der Waals surface area contributed by atoms with Gasteiger partial charge in [0.25, 0.3) is 0 Å². The predicted octanol–water partition coefficient (Wildman–Crippen LogP) is 5.10. The molecule has 0 aromatic heterocycles. The van der Waals surface area contributed by atoms with Gasteiger partial charge in [-0.2, -0.15) is 0 Å². The zero-order valence-corrected chi connectivity index (χ0v) is 10.8. The van der Waals surface area contributed by atoms with Gasteiger partial charge in [0.05, 0.1) is 0 Å². The first-order valence-corrected chi connectivity index (χ1v) is 6.62. The molecule has 0 bridgehead atoms. The zero-order chi connectivity index (χ0) is 12.9. The summed E-state index contributed by atoms with van der Waals surface area (Å²) in [5.41, 5.74) is 2.63. The highest BCUT2D eigenvalue weighted by Crippen LogP contribution is 2.19. The van der Waals surface area contributed by atoms with Crippen LogP contribution in [0.5, 0.6) is 0 Å². The molecule has 92 valence electrons. The van der Waals surface area contributed by atoms with Crippen LogP contribution in [0, 0.1) is 0 Å². The molecule has 0 unspecified atom stereocenters. The van der Waals surface area contributed by atoms with Crippen molar-refractivity contribution in [2.24, 2.45) is 0 Å². The fraction of sp³-hybridized carbons (Fsp3) is 0.0526. The topological polar surface area (TPSA) is 0 Å². The largest absolute Gasteiger partial charge is 0.0795 e. The van der Waals surface area contributed by atoms with Crippen LogP contribution in [0.15, 0.2) is 78.9 Å². The number of hydrogen-bond donors (Lipinski definition) is 0. The number of allylic oxidation sites excluding steroid dienone is 1. The summed E-state index contributed by atoms with van der Waals surface area (Å²) in [6, 6.07) is 25.5. The molecular weight excluding hydrogens is 228 g/mol. The van der Waals surface area contributed by atoms with E-state index in [0.29, 0.717) is 0 Å². The lowest BCUT2D eigenvalue weighted by Crippen LogP contribution is -1.83. The summed E-state index contributed by atoms with van der Waals surface area (Å²) in [7, 11) is 0. The third-order valence-corrected chi connectivity index (χ3v) is 3.33. The van der Waals surface area contributed by atoms with E-state index in [4.69, 9.17) is 0 Å². The molecule has 0 heterocycles. The fourth-order valence-corrected chi connectivity index (χ4v) is 2.36.